The Morgan fingerprint density at radius 2 is 1.85 bits per heavy atom. The van der Waals surface area contributed by atoms with Crippen LogP contribution in [0.15, 0.2) is 59.6 Å². The minimum Gasteiger partial charge on any atom is -0.405 e. The van der Waals surface area contributed by atoms with Crippen molar-refractivity contribution < 1.29 is 35.5 Å². The summed E-state index contributed by atoms with van der Waals surface area (Å²) in [6, 6.07) is 11.4. The first kappa shape index (κ1) is 27.3. The highest BCUT2D eigenvalue weighted by Crippen LogP contribution is 2.45. The van der Waals surface area contributed by atoms with E-state index in [2.05, 4.69) is 15.3 Å². The van der Waals surface area contributed by atoms with Crippen LogP contribution < -0.4 is 15.0 Å². The number of nitrogens with one attached hydrogen (secondary N) is 1. The van der Waals surface area contributed by atoms with E-state index in [9.17, 15) is 36.0 Å². The van der Waals surface area contributed by atoms with Gasteiger partial charge in [0.15, 0.2) is 21.4 Å². The number of anilines is 1. The number of carbonyl (C=O) groups is 1. The molecule has 0 unspecified atom stereocenters. The summed E-state index contributed by atoms with van der Waals surface area (Å²) in [5, 5.41) is 10.8. The van der Waals surface area contributed by atoms with Crippen LogP contribution in [-0.4, -0.2) is 42.8 Å². The molecule has 1 aliphatic heterocycles. The van der Waals surface area contributed by atoms with Crippen LogP contribution in [0.4, 0.5) is 28.2 Å². The number of sulfone groups is 1. The lowest BCUT2D eigenvalue weighted by atomic mass is 10.1. The maximum Gasteiger partial charge on any atom is 0.417 e. The van der Waals surface area contributed by atoms with Gasteiger partial charge in [0, 0.05) is 13.1 Å². The van der Waals surface area contributed by atoms with Crippen LogP contribution >= 0.6 is 0 Å². The summed E-state index contributed by atoms with van der Waals surface area (Å²) in [6.45, 7) is -0.203. The predicted molar refractivity (Wildman–Crippen MR) is 132 cm³/mol. The molecule has 2 heterocycles. The number of nitriles is 1. The molecule has 2 aliphatic rings. The summed E-state index contributed by atoms with van der Waals surface area (Å²) >= 11 is 0. The van der Waals surface area contributed by atoms with E-state index in [-0.39, 0.29) is 36.9 Å². The van der Waals surface area contributed by atoms with E-state index in [0.717, 1.165) is 18.3 Å². The first-order valence-electron chi connectivity index (χ1n) is 12.1. The maximum atomic E-state index is 13.5. The first-order chi connectivity index (χ1) is 18.9. The average molecular weight is 576 g/mol. The van der Waals surface area contributed by atoms with Crippen molar-refractivity contribution in [3.8, 4) is 11.8 Å². The molecular formula is C26H21F4N5O4S. The maximum absolute atomic E-state index is 13.5. The van der Waals surface area contributed by atoms with Gasteiger partial charge in [0.1, 0.15) is 11.9 Å². The first-order valence-corrected chi connectivity index (χ1v) is 13.7. The molecule has 1 aromatic heterocycles. The fraction of sp³-hybridized carbons (Fsp3) is 0.308. The summed E-state index contributed by atoms with van der Waals surface area (Å²) in [6.07, 6.45) is -3.49. The van der Waals surface area contributed by atoms with E-state index in [1.165, 1.54) is 23.1 Å². The van der Waals surface area contributed by atoms with Gasteiger partial charge in [-0.05, 0) is 49.1 Å². The summed E-state index contributed by atoms with van der Waals surface area (Å²) in [5.41, 5.74) is -1.30. The Labute approximate surface area is 226 Å². The molecule has 5 rings (SSSR count). The number of benzene rings is 2. The van der Waals surface area contributed by atoms with Crippen molar-refractivity contribution in [2.45, 2.75) is 41.1 Å². The Morgan fingerprint density at radius 1 is 1.15 bits per heavy atom. The van der Waals surface area contributed by atoms with Crippen LogP contribution in [0, 0.1) is 17.1 Å². The van der Waals surface area contributed by atoms with Gasteiger partial charge in [-0.2, -0.15) is 23.4 Å². The number of amides is 1. The number of ether oxygens (including phenoxy) is 1. The second kappa shape index (κ2) is 10.1. The standard InChI is InChI=1S/C26H21F4N5O4S/c27-17-7-5-16(6-8-17)25(10-11-25)34-24(36)39-20-14-32-22(13-31)33-23(20)35-12-9-18(15-35)40(37,38)21-4-2-1-3-19(21)26(28,29)30/h1-8,14,18H,9-12,15H2,(H,34,36)/t18-/m0/s1. The van der Waals surface area contributed by atoms with Gasteiger partial charge in [-0.1, -0.05) is 24.3 Å². The van der Waals surface area contributed by atoms with Crippen LogP contribution in [0.25, 0.3) is 0 Å². The minimum atomic E-state index is -4.86. The SMILES string of the molecule is N#Cc1ncc(OC(=O)NC2(c3ccc(F)cc3)CC2)c(N2CC[C@H](S(=O)(=O)c3ccccc3C(F)(F)F)C2)n1. The van der Waals surface area contributed by atoms with E-state index in [4.69, 9.17) is 4.74 Å². The lowest BCUT2D eigenvalue weighted by Crippen LogP contribution is -2.37. The molecule has 0 bridgehead atoms. The third-order valence-corrected chi connectivity index (χ3v) is 9.14. The summed E-state index contributed by atoms with van der Waals surface area (Å²) in [5.74, 6) is -0.911. The molecule has 0 spiro atoms. The van der Waals surface area contributed by atoms with E-state index in [1.807, 2.05) is 0 Å². The molecule has 1 saturated heterocycles. The quantitative estimate of drug-likeness (QED) is 0.431. The van der Waals surface area contributed by atoms with E-state index in [1.54, 1.807) is 18.2 Å². The topological polar surface area (TPSA) is 125 Å². The van der Waals surface area contributed by atoms with Crippen LogP contribution in [0.3, 0.4) is 0 Å². The molecule has 0 radical (unpaired) electrons. The minimum absolute atomic E-state index is 0.0280. The molecule has 14 heteroatoms. The average Bonchev–Trinajstić information content (AvgIpc) is 3.51. The molecular weight excluding hydrogens is 554 g/mol. The third kappa shape index (κ3) is 5.29. The Morgan fingerprint density at radius 3 is 2.50 bits per heavy atom. The van der Waals surface area contributed by atoms with E-state index in [0.29, 0.717) is 24.5 Å². The predicted octanol–water partition coefficient (Wildman–Crippen LogP) is 4.34. The van der Waals surface area contributed by atoms with Crippen molar-refractivity contribution in [2.24, 2.45) is 0 Å². The lowest BCUT2D eigenvalue weighted by Gasteiger charge is -2.22. The molecule has 2 aromatic carbocycles. The van der Waals surface area contributed by atoms with Gasteiger partial charge in [-0.25, -0.2) is 22.6 Å². The zero-order chi connectivity index (χ0) is 28.7. The normalized spacial score (nSPS) is 18.2. The molecule has 1 aliphatic carbocycles. The third-order valence-electron chi connectivity index (χ3n) is 6.91. The molecule has 1 amide bonds. The van der Waals surface area contributed by atoms with Crippen molar-refractivity contribution in [3.05, 3.63) is 77.5 Å². The second-order valence-electron chi connectivity index (χ2n) is 9.49. The molecule has 2 fully saturated rings. The van der Waals surface area contributed by atoms with Crippen molar-refractivity contribution in [2.75, 3.05) is 18.0 Å². The molecule has 1 saturated carbocycles. The number of halogens is 4. The number of hydrogen-bond acceptors (Lipinski definition) is 8. The highest BCUT2D eigenvalue weighted by Gasteiger charge is 2.47. The number of alkyl halides is 3. The van der Waals surface area contributed by atoms with Gasteiger partial charge in [0.05, 0.1) is 27.4 Å². The van der Waals surface area contributed by atoms with Crippen LogP contribution in [-0.2, 0) is 21.6 Å². The number of carbonyl (C=O) groups excluding carboxylic acids is 1. The van der Waals surface area contributed by atoms with Gasteiger partial charge in [0.25, 0.3) is 0 Å². The Bertz CT molecular complexity index is 1600. The Hall–Kier alpha value is -4.25. The van der Waals surface area contributed by atoms with Gasteiger partial charge >= 0.3 is 12.3 Å². The zero-order valence-electron chi connectivity index (χ0n) is 20.7. The van der Waals surface area contributed by atoms with Crippen LogP contribution in [0.1, 0.15) is 36.2 Å². The van der Waals surface area contributed by atoms with Crippen molar-refractivity contribution in [3.63, 3.8) is 0 Å². The second-order valence-corrected chi connectivity index (χ2v) is 11.7. The van der Waals surface area contributed by atoms with Crippen molar-refractivity contribution in [1.29, 1.82) is 5.26 Å². The summed E-state index contributed by atoms with van der Waals surface area (Å²) < 4.78 is 85.8. The molecule has 9 nitrogen and oxygen atoms in total. The highest BCUT2D eigenvalue weighted by atomic mass is 32.2. The molecule has 1 N–H and O–H groups in total. The fourth-order valence-corrected chi connectivity index (χ4v) is 6.63. The summed E-state index contributed by atoms with van der Waals surface area (Å²) in [4.78, 5) is 21.3. The van der Waals surface area contributed by atoms with Crippen LogP contribution in [0.5, 0.6) is 5.75 Å². The molecule has 1 atom stereocenters. The number of nitrogens with zero attached hydrogens (tertiary/aromatic N) is 4. The smallest absolute Gasteiger partial charge is 0.405 e. The van der Waals surface area contributed by atoms with Crippen molar-refractivity contribution in [1.82, 2.24) is 15.3 Å². The van der Waals surface area contributed by atoms with E-state index < -0.39 is 49.2 Å². The monoisotopic (exact) mass is 575 g/mol. The number of hydrogen-bond donors (Lipinski definition) is 1. The van der Waals surface area contributed by atoms with E-state index >= 15 is 0 Å². The van der Waals surface area contributed by atoms with Gasteiger partial charge in [0.2, 0.25) is 5.82 Å². The lowest BCUT2D eigenvalue weighted by molar-refractivity contribution is -0.139. The molecule has 40 heavy (non-hydrogen) atoms. The zero-order valence-corrected chi connectivity index (χ0v) is 21.5. The fourth-order valence-electron chi connectivity index (χ4n) is 4.72. The molecule has 3 aromatic rings. The van der Waals surface area contributed by atoms with Crippen LogP contribution in [0.2, 0.25) is 0 Å². The number of aromatic nitrogens is 2. The van der Waals surface area contributed by atoms with Gasteiger partial charge in [-0.15, -0.1) is 0 Å². The Kier molecular flexibility index (Phi) is 6.87. The Balaban J connectivity index is 1.37. The molecule has 208 valence electrons. The number of rotatable bonds is 6. The van der Waals surface area contributed by atoms with Crippen molar-refractivity contribution >= 4 is 21.7 Å². The summed E-state index contributed by atoms with van der Waals surface area (Å²) in [7, 11) is -4.41. The van der Waals surface area contributed by atoms with Gasteiger partial charge < -0.3 is 15.0 Å². The largest absolute Gasteiger partial charge is 0.417 e. The van der Waals surface area contributed by atoms with Gasteiger partial charge in [-0.3, -0.25) is 0 Å². The highest BCUT2D eigenvalue weighted by molar-refractivity contribution is 7.92.